The molecule has 0 radical (unpaired) electrons. The molecule has 0 bridgehead atoms. The summed E-state index contributed by atoms with van der Waals surface area (Å²) >= 11 is 0. The standard InChI is InChI=1S/C18H23N/c1-4-16(18-10-11-19-15(3)13-18)12-14(2)17-8-6-5-7-9-17/h5-11,13-14,16H,4,12H2,1-3H3. The second kappa shape index (κ2) is 6.51. The second-order valence-electron chi connectivity index (χ2n) is 5.38. The number of aromatic nitrogens is 1. The highest BCUT2D eigenvalue weighted by Gasteiger charge is 2.15. The number of pyridine rings is 1. The Labute approximate surface area is 116 Å². The lowest BCUT2D eigenvalue weighted by molar-refractivity contribution is 0.544. The fraction of sp³-hybridized carbons (Fsp3) is 0.389. The molecule has 0 fully saturated rings. The molecule has 0 spiro atoms. The minimum absolute atomic E-state index is 0.597. The summed E-state index contributed by atoms with van der Waals surface area (Å²) in [6.45, 7) is 6.67. The molecule has 0 aliphatic carbocycles. The van der Waals surface area contributed by atoms with Crippen molar-refractivity contribution in [1.29, 1.82) is 0 Å². The summed E-state index contributed by atoms with van der Waals surface area (Å²) in [5.74, 6) is 1.22. The Morgan fingerprint density at radius 2 is 1.79 bits per heavy atom. The van der Waals surface area contributed by atoms with Gasteiger partial charge < -0.3 is 0 Å². The first-order valence-electron chi connectivity index (χ1n) is 7.18. The van der Waals surface area contributed by atoms with E-state index in [1.807, 2.05) is 6.20 Å². The van der Waals surface area contributed by atoms with E-state index in [1.54, 1.807) is 0 Å². The summed E-state index contributed by atoms with van der Waals surface area (Å²) in [6.07, 6.45) is 4.31. The maximum Gasteiger partial charge on any atom is 0.0375 e. The summed E-state index contributed by atoms with van der Waals surface area (Å²) in [4.78, 5) is 4.29. The van der Waals surface area contributed by atoms with Gasteiger partial charge in [0.05, 0.1) is 0 Å². The number of hydrogen-bond donors (Lipinski definition) is 0. The summed E-state index contributed by atoms with van der Waals surface area (Å²) in [5, 5.41) is 0. The Balaban J connectivity index is 2.11. The third kappa shape index (κ3) is 3.66. The van der Waals surface area contributed by atoms with Crippen LogP contribution >= 0.6 is 0 Å². The van der Waals surface area contributed by atoms with Gasteiger partial charge in [0.2, 0.25) is 0 Å². The fourth-order valence-electron chi connectivity index (χ4n) is 2.70. The fourth-order valence-corrected chi connectivity index (χ4v) is 2.70. The lowest BCUT2D eigenvalue weighted by Crippen LogP contribution is -2.04. The first kappa shape index (κ1) is 13.8. The number of benzene rings is 1. The van der Waals surface area contributed by atoms with Gasteiger partial charge in [-0.25, -0.2) is 0 Å². The molecular weight excluding hydrogens is 230 g/mol. The highest BCUT2D eigenvalue weighted by molar-refractivity contribution is 5.23. The molecule has 1 nitrogen and oxygen atoms in total. The summed E-state index contributed by atoms with van der Waals surface area (Å²) in [7, 11) is 0. The smallest absolute Gasteiger partial charge is 0.0375 e. The molecule has 0 aliphatic heterocycles. The monoisotopic (exact) mass is 253 g/mol. The number of rotatable bonds is 5. The average Bonchev–Trinajstić information content (AvgIpc) is 2.45. The molecule has 19 heavy (non-hydrogen) atoms. The highest BCUT2D eigenvalue weighted by atomic mass is 14.6. The third-order valence-electron chi connectivity index (χ3n) is 3.89. The van der Waals surface area contributed by atoms with Crippen molar-refractivity contribution in [2.24, 2.45) is 0 Å². The maximum absolute atomic E-state index is 4.29. The van der Waals surface area contributed by atoms with E-state index in [4.69, 9.17) is 0 Å². The molecule has 2 rings (SSSR count). The van der Waals surface area contributed by atoms with Crippen molar-refractivity contribution >= 4 is 0 Å². The van der Waals surface area contributed by atoms with Crippen molar-refractivity contribution in [3.05, 3.63) is 65.5 Å². The van der Waals surface area contributed by atoms with Gasteiger partial charge in [-0.15, -0.1) is 0 Å². The molecule has 1 heterocycles. The molecule has 0 saturated carbocycles. The molecule has 2 unspecified atom stereocenters. The zero-order valence-corrected chi connectivity index (χ0v) is 12.1. The van der Waals surface area contributed by atoms with Crippen molar-refractivity contribution in [3.63, 3.8) is 0 Å². The van der Waals surface area contributed by atoms with Crippen molar-refractivity contribution in [1.82, 2.24) is 4.98 Å². The van der Waals surface area contributed by atoms with Crippen LogP contribution in [0.1, 0.15) is 55.3 Å². The topological polar surface area (TPSA) is 12.9 Å². The number of hydrogen-bond acceptors (Lipinski definition) is 1. The van der Waals surface area contributed by atoms with E-state index >= 15 is 0 Å². The molecular formula is C18H23N. The average molecular weight is 253 g/mol. The molecule has 0 aliphatic rings. The van der Waals surface area contributed by atoms with Crippen LogP contribution in [0.5, 0.6) is 0 Å². The van der Waals surface area contributed by atoms with Gasteiger partial charge in [0.1, 0.15) is 0 Å². The molecule has 1 aromatic heterocycles. The van der Waals surface area contributed by atoms with Crippen LogP contribution in [-0.4, -0.2) is 4.98 Å². The Morgan fingerprint density at radius 3 is 2.42 bits per heavy atom. The van der Waals surface area contributed by atoms with Crippen LogP contribution in [0.2, 0.25) is 0 Å². The van der Waals surface area contributed by atoms with Gasteiger partial charge in [-0.3, -0.25) is 4.98 Å². The van der Waals surface area contributed by atoms with Crippen LogP contribution in [0.25, 0.3) is 0 Å². The van der Waals surface area contributed by atoms with Crippen molar-refractivity contribution in [2.75, 3.05) is 0 Å². The highest BCUT2D eigenvalue weighted by Crippen LogP contribution is 2.31. The molecule has 1 heteroatoms. The third-order valence-corrected chi connectivity index (χ3v) is 3.89. The quantitative estimate of drug-likeness (QED) is 0.724. The normalized spacial score (nSPS) is 14.1. The van der Waals surface area contributed by atoms with Crippen LogP contribution in [0, 0.1) is 6.92 Å². The van der Waals surface area contributed by atoms with Gasteiger partial charge in [0, 0.05) is 11.9 Å². The van der Waals surface area contributed by atoms with Crippen molar-refractivity contribution in [3.8, 4) is 0 Å². The van der Waals surface area contributed by atoms with Gasteiger partial charge in [-0.2, -0.15) is 0 Å². The Bertz CT molecular complexity index is 504. The van der Waals surface area contributed by atoms with Crippen LogP contribution in [0.4, 0.5) is 0 Å². The van der Waals surface area contributed by atoms with E-state index in [0.29, 0.717) is 11.8 Å². The van der Waals surface area contributed by atoms with E-state index in [-0.39, 0.29) is 0 Å². The Morgan fingerprint density at radius 1 is 1.05 bits per heavy atom. The van der Waals surface area contributed by atoms with E-state index < -0.39 is 0 Å². The van der Waals surface area contributed by atoms with Crippen LogP contribution < -0.4 is 0 Å². The second-order valence-corrected chi connectivity index (χ2v) is 5.38. The largest absolute Gasteiger partial charge is 0.262 e. The van der Waals surface area contributed by atoms with Gasteiger partial charge >= 0.3 is 0 Å². The molecule has 2 aromatic rings. The Kier molecular flexibility index (Phi) is 4.73. The molecule has 1 aromatic carbocycles. The molecule has 100 valence electrons. The van der Waals surface area contributed by atoms with Gasteiger partial charge in [0.15, 0.2) is 0 Å². The lowest BCUT2D eigenvalue weighted by Gasteiger charge is -2.20. The van der Waals surface area contributed by atoms with E-state index in [0.717, 1.165) is 5.69 Å². The van der Waals surface area contributed by atoms with Gasteiger partial charge in [-0.1, -0.05) is 44.2 Å². The molecule has 0 saturated heterocycles. The lowest BCUT2D eigenvalue weighted by atomic mass is 9.85. The predicted octanol–water partition coefficient (Wildman–Crippen LogP) is 5.08. The SMILES string of the molecule is CCC(CC(C)c1ccccc1)c1ccnc(C)c1. The van der Waals surface area contributed by atoms with E-state index in [2.05, 4.69) is 68.2 Å². The van der Waals surface area contributed by atoms with Gasteiger partial charge in [-0.05, 0) is 54.9 Å². The minimum Gasteiger partial charge on any atom is -0.262 e. The maximum atomic E-state index is 4.29. The predicted molar refractivity (Wildman–Crippen MR) is 81.5 cm³/mol. The molecule has 0 N–H and O–H groups in total. The number of aryl methyl sites for hydroxylation is 1. The van der Waals surface area contributed by atoms with E-state index in [9.17, 15) is 0 Å². The van der Waals surface area contributed by atoms with Crippen LogP contribution in [-0.2, 0) is 0 Å². The molecule has 2 atom stereocenters. The van der Waals surface area contributed by atoms with Gasteiger partial charge in [0.25, 0.3) is 0 Å². The number of nitrogens with zero attached hydrogens (tertiary/aromatic N) is 1. The van der Waals surface area contributed by atoms with Crippen molar-refractivity contribution < 1.29 is 0 Å². The van der Waals surface area contributed by atoms with Crippen molar-refractivity contribution in [2.45, 2.75) is 45.4 Å². The Hall–Kier alpha value is -1.63. The zero-order chi connectivity index (χ0) is 13.7. The summed E-state index contributed by atoms with van der Waals surface area (Å²) in [5.41, 5.74) is 3.98. The van der Waals surface area contributed by atoms with Crippen LogP contribution in [0.3, 0.4) is 0 Å². The summed E-state index contributed by atoms with van der Waals surface area (Å²) < 4.78 is 0. The van der Waals surface area contributed by atoms with Crippen LogP contribution in [0.15, 0.2) is 48.7 Å². The summed E-state index contributed by atoms with van der Waals surface area (Å²) in [6, 6.07) is 15.2. The van der Waals surface area contributed by atoms with E-state index in [1.165, 1.54) is 24.0 Å². The first-order valence-corrected chi connectivity index (χ1v) is 7.18. The first-order chi connectivity index (χ1) is 9.20. The molecule has 0 amide bonds. The minimum atomic E-state index is 0.597. The zero-order valence-electron chi connectivity index (χ0n) is 12.1.